The molecule has 84 valence electrons. The standard InChI is InChI=1S/C13H15NO2/c1-10-4-3-5-11(12(10)8-9-14)6-7-13(15)16-2/h3-5H,6-8H2,1-2H3. The number of carbonyl (C=O) groups is 1. The minimum atomic E-state index is -0.218. The number of hydrogen-bond donors (Lipinski definition) is 0. The molecule has 0 atom stereocenters. The third kappa shape index (κ3) is 3.09. The van der Waals surface area contributed by atoms with Crippen LogP contribution in [0, 0.1) is 18.3 Å². The molecule has 3 nitrogen and oxygen atoms in total. The Morgan fingerprint density at radius 1 is 1.50 bits per heavy atom. The molecule has 0 spiro atoms. The van der Waals surface area contributed by atoms with Gasteiger partial charge in [0, 0.05) is 6.42 Å². The molecular weight excluding hydrogens is 202 g/mol. The van der Waals surface area contributed by atoms with Crippen LogP contribution in [0.4, 0.5) is 0 Å². The quantitative estimate of drug-likeness (QED) is 0.726. The summed E-state index contributed by atoms with van der Waals surface area (Å²) in [6.07, 6.45) is 1.38. The van der Waals surface area contributed by atoms with Crippen LogP contribution in [0.2, 0.25) is 0 Å². The summed E-state index contributed by atoms with van der Waals surface area (Å²) in [7, 11) is 1.38. The van der Waals surface area contributed by atoms with Gasteiger partial charge in [-0.15, -0.1) is 0 Å². The highest BCUT2D eigenvalue weighted by Gasteiger charge is 2.07. The molecule has 1 aromatic rings. The Labute approximate surface area is 95.7 Å². The summed E-state index contributed by atoms with van der Waals surface area (Å²) in [5, 5.41) is 8.75. The maximum absolute atomic E-state index is 11.1. The summed E-state index contributed by atoms with van der Waals surface area (Å²) < 4.78 is 4.60. The number of hydrogen-bond acceptors (Lipinski definition) is 3. The first kappa shape index (κ1) is 12.3. The van der Waals surface area contributed by atoms with Crippen LogP contribution in [0.15, 0.2) is 18.2 Å². The molecule has 16 heavy (non-hydrogen) atoms. The van der Waals surface area contributed by atoms with Crippen LogP contribution in [-0.4, -0.2) is 13.1 Å². The van der Waals surface area contributed by atoms with E-state index in [9.17, 15) is 4.79 Å². The number of benzene rings is 1. The van der Waals surface area contributed by atoms with Crippen LogP contribution in [0.1, 0.15) is 23.1 Å². The van der Waals surface area contributed by atoms with Crippen LogP contribution in [0.25, 0.3) is 0 Å². The summed E-state index contributed by atoms with van der Waals surface area (Å²) in [5.41, 5.74) is 3.20. The van der Waals surface area contributed by atoms with E-state index in [4.69, 9.17) is 5.26 Å². The molecule has 0 radical (unpaired) electrons. The summed E-state index contributed by atoms with van der Waals surface area (Å²) in [5.74, 6) is -0.218. The summed E-state index contributed by atoms with van der Waals surface area (Å²) in [4.78, 5) is 11.1. The fourth-order valence-corrected chi connectivity index (χ4v) is 1.67. The molecule has 0 saturated carbocycles. The largest absolute Gasteiger partial charge is 0.469 e. The lowest BCUT2D eigenvalue weighted by atomic mass is 9.96. The van der Waals surface area contributed by atoms with Gasteiger partial charge in [-0.25, -0.2) is 0 Å². The molecule has 3 heteroatoms. The molecule has 1 aromatic carbocycles. The summed E-state index contributed by atoms with van der Waals surface area (Å²) >= 11 is 0. The fourth-order valence-electron chi connectivity index (χ4n) is 1.67. The van der Waals surface area contributed by atoms with Crippen molar-refractivity contribution < 1.29 is 9.53 Å². The number of ether oxygens (including phenoxy) is 1. The van der Waals surface area contributed by atoms with Gasteiger partial charge in [-0.2, -0.15) is 5.26 Å². The monoisotopic (exact) mass is 217 g/mol. The zero-order chi connectivity index (χ0) is 12.0. The summed E-state index contributed by atoms with van der Waals surface area (Å²) in [6, 6.07) is 8.04. The number of nitrogens with zero attached hydrogens (tertiary/aromatic N) is 1. The first-order valence-corrected chi connectivity index (χ1v) is 5.20. The van der Waals surface area contributed by atoms with Gasteiger partial charge in [0.15, 0.2) is 0 Å². The van der Waals surface area contributed by atoms with Crippen LogP contribution < -0.4 is 0 Å². The number of nitriles is 1. The number of aryl methyl sites for hydroxylation is 2. The van der Waals surface area contributed by atoms with Crippen molar-refractivity contribution in [2.24, 2.45) is 0 Å². The molecule has 0 aliphatic rings. The van der Waals surface area contributed by atoms with E-state index in [0.29, 0.717) is 19.3 Å². The Morgan fingerprint density at radius 3 is 2.88 bits per heavy atom. The lowest BCUT2D eigenvalue weighted by molar-refractivity contribution is -0.140. The van der Waals surface area contributed by atoms with Crippen molar-refractivity contribution in [3.05, 3.63) is 34.9 Å². The van der Waals surface area contributed by atoms with E-state index in [-0.39, 0.29) is 5.97 Å². The van der Waals surface area contributed by atoms with Gasteiger partial charge in [0.2, 0.25) is 0 Å². The third-order valence-corrected chi connectivity index (χ3v) is 2.59. The number of methoxy groups -OCH3 is 1. The van der Waals surface area contributed by atoms with Crippen LogP contribution in [0.5, 0.6) is 0 Å². The minimum absolute atomic E-state index is 0.218. The number of rotatable bonds is 4. The van der Waals surface area contributed by atoms with E-state index in [1.165, 1.54) is 7.11 Å². The van der Waals surface area contributed by atoms with Gasteiger partial charge in [-0.05, 0) is 30.0 Å². The Balaban J connectivity index is 2.83. The number of carbonyl (C=O) groups excluding carboxylic acids is 1. The van der Waals surface area contributed by atoms with Crippen molar-refractivity contribution >= 4 is 5.97 Å². The van der Waals surface area contributed by atoms with E-state index >= 15 is 0 Å². The van der Waals surface area contributed by atoms with Gasteiger partial charge < -0.3 is 4.74 Å². The second-order valence-electron chi connectivity index (χ2n) is 3.62. The van der Waals surface area contributed by atoms with Crippen LogP contribution in [0.3, 0.4) is 0 Å². The normalized spacial score (nSPS) is 9.56. The summed E-state index contributed by atoms with van der Waals surface area (Å²) in [6.45, 7) is 1.98. The SMILES string of the molecule is COC(=O)CCc1cccc(C)c1CC#N. The van der Waals surface area contributed by atoms with E-state index in [1.807, 2.05) is 25.1 Å². The Hall–Kier alpha value is -1.82. The molecule has 0 aliphatic heterocycles. The predicted octanol–water partition coefficient (Wildman–Crippen LogP) is 2.17. The smallest absolute Gasteiger partial charge is 0.305 e. The van der Waals surface area contributed by atoms with Crippen molar-refractivity contribution in [3.63, 3.8) is 0 Å². The maximum atomic E-state index is 11.1. The molecule has 0 N–H and O–H groups in total. The molecule has 0 fully saturated rings. The van der Waals surface area contributed by atoms with Gasteiger partial charge in [-0.3, -0.25) is 4.79 Å². The molecule has 0 aliphatic carbocycles. The molecule has 0 aromatic heterocycles. The third-order valence-electron chi connectivity index (χ3n) is 2.59. The molecule has 0 bridgehead atoms. The first-order valence-electron chi connectivity index (χ1n) is 5.20. The molecular formula is C13H15NO2. The van der Waals surface area contributed by atoms with Crippen molar-refractivity contribution in [2.75, 3.05) is 7.11 Å². The predicted molar refractivity (Wildman–Crippen MR) is 60.8 cm³/mol. The van der Waals surface area contributed by atoms with Crippen molar-refractivity contribution in [3.8, 4) is 6.07 Å². The maximum Gasteiger partial charge on any atom is 0.305 e. The highest BCUT2D eigenvalue weighted by molar-refractivity contribution is 5.69. The van der Waals surface area contributed by atoms with Crippen molar-refractivity contribution in [1.82, 2.24) is 0 Å². The lowest BCUT2D eigenvalue weighted by Gasteiger charge is -2.09. The average Bonchev–Trinajstić information content (AvgIpc) is 2.29. The molecule has 1 rings (SSSR count). The zero-order valence-electron chi connectivity index (χ0n) is 9.62. The Bertz CT molecular complexity index is 418. The van der Waals surface area contributed by atoms with Gasteiger partial charge in [-0.1, -0.05) is 18.2 Å². The van der Waals surface area contributed by atoms with Gasteiger partial charge in [0.1, 0.15) is 0 Å². The van der Waals surface area contributed by atoms with Gasteiger partial charge in [0.05, 0.1) is 19.6 Å². The van der Waals surface area contributed by atoms with Crippen LogP contribution in [-0.2, 0) is 22.4 Å². The fraction of sp³-hybridized carbons (Fsp3) is 0.385. The van der Waals surface area contributed by atoms with Gasteiger partial charge in [0.25, 0.3) is 0 Å². The van der Waals surface area contributed by atoms with E-state index < -0.39 is 0 Å². The Morgan fingerprint density at radius 2 is 2.25 bits per heavy atom. The van der Waals surface area contributed by atoms with Crippen molar-refractivity contribution in [1.29, 1.82) is 5.26 Å². The average molecular weight is 217 g/mol. The molecule has 0 heterocycles. The second kappa shape index (κ2) is 5.92. The minimum Gasteiger partial charge on any atom is -0.469 e. The van der Waals surface area contributed by atoms with Crippen molar-refractivity contribution in [2.45, 2.75) is 26.2 Å². The molecule has 0 amide bonds. The lowest BCUT2D eigenvalue weighted by Crippen LogP contribution is -2.04. The van der Waals surface area contributed by atoms with E-state index in [0.717, 1.165) is 16.7 Å². The first-order chi connectivity index (χ1) is 7.69. The molecule has 0 saturated heterocycles. The highest BCUT2D eigenvalue weighted by Crippen LogP contribution is 2.16. The second-order valence-corrected chi connectivity index (χ2v) is 3.62. The van der Waals surface area contributed by atoms with E-state index in [1.54, 1.807) is 0 Å². The topological polar surface area (TPSA) is 50.1 Å². The van der Waals surface area contributed by atoms with Crippen LogP contribution >= 0.6 is 0 Å². The van der Waals surface area contributed by atoms with E-state index in [2.05, 4.69) is 10.8 Å². The number of esters is 1. The Kier molecular flexibility index (Phi) is 4.53. The molecule has 0 unspecified atom stereocenters. The van der Waals surface area contributed by atoms with Gasteiger partial charge >= 0.3 is 5.97 Å². The zero-order valence-corrected chi connectivity index (χ0v) is 9.62. The highest BCUT2D eigenvalue weighted by atomic mass is 16.5.